The Labute approximate surface area is 197 Å². The van der Waals surface area contributed by atoms with Crippen LogP contribution in [0.3, 0.4) is 0 Å². The quantitative estimate of drug-likeness (QED) is 0.683. The molecule has 2 aliphatic rings. The van der Waals surface area contributed by atoms with Gasteiger partial charge in [-0.05, 0) is 66.3 Å². The molecule has 0 unspecified atom stereocenters. The van der Waals surface area contributed by atoms with E-state index in [-0.39, 0.29) is 30.5 Å². The van der Waals surface area contributed by atoms with Crippen molar-refractivity contribution in [1.82, 2.24) is 14.9 Å². The Morgan fingerprint density at radius 2 is 1.76 bits per heavy atom. The highest BCUT2D eigenvalue weighted by Gasteiger charge is 2.51. The van der Waals surface area contributed by atoms with Gasteiger partial charge in [-0.15, -0.1) is 0 Å². The summed E-state index contributed by atoms with van der Waals surface area (Å²) < 4.78 is 17.9. The number of amides is 1. The van der Waals surface area contributed by atoms with Gasteiger partial charge in [-0.3, -0.25) is 4.90 Å². The number of nitrogens with one attached hydrogen (secondary N) is 1. The molecule has 4 rings (SSSR count). The number of imidazole rings is 1. The minimum Gasteiger partial charge on any atom is -0.444 e. The summed E-state index contributed by atoms with van der Waals surface area (Å²) in [5, 5.41) is 0. The molecule has 1 aromatic heterocycles. The monoisotopic (exact) mass is 453 g/mol. The largest absolute Gasteiger partial charge is 0.494 e. The van der Waals surface area contributed by atoms with E-state index in [1.165, 1.54) is 0 Å². The maximum atomic E-state index is 12.8. The number of carbonyl (C=O) groups excluding carboxylic acids is 1. The van der Waals surface area contributed by atoms with Crippen LogP contribution >= 0.6 is 0 Å². The van der Waals surface area contributed by atoms with Crippen LogP contribution in [-0.4, -0.2) is 51.4 Å². The summed E-state index contributed by atoms with van der Waals surface area (Å²) in [6.07, 6.45) is 2.46. The molecule has 0 radical (unpaired) electrons. The Bertz CT molecular complexity index is 993. The van der Waals surface area contributed by atoms with Crippen LogP contribution in [-0.2, 0) is 14.0 Å². The zero-order valence-corrected chi connectivity index (χ0v) is 21.1. The number of likely N-dealkylation sites (tertiary alicyclic amines) is 1. The minimum atomic E-state index is -0.527. The molecule has 8 heteroatoms. The maximum Gasteiger partial charge on any atom is 0.494 e. The molecule has 2 saturated heterocycles. The van der Waals surface area contributed by atoms with Crippen LogP contribution in [0.2, 0.25) is 0 Å². The highest BCUT2D eigenvalue weighted by Crippen LogP contribution is 2.37. The third kappa shape index (κ3) is 4.82. The number of hydrogen-bond donors (Lipinski definition) is 1. The fraction of sp³-hybridized carbons (Fsp3) is 0.600. The number of aromatic nitrogens is 2. The first-order valence-electron chi connectivity index (χ1n) is 11.8. The molecule has 0 bridgehead atoms. The second kappa shape index (κ2) is 8.17. The van der Waals surface area contributed by atoms with Crippen LogP contribution in [0.4, 0.5) is 4.79 Å². The van der Waals surface area contributed by atoms with Gasteiger partial charge in [-0.2, -0.15) is 0 Å². The average Bonchev–Trinajstić information content (AvgIpc) is 3.37. The number of benzene rings is 1. The van der Waals surface area contributed by atoms with Crippen LogP contribution < -0.4 is 5.46 Å². The number of carbonyl (C=O) groups is 1. The van der Waals surface area contributed by atoms with Crippen molar-refractivity contribution in [3.63, 3.8) is 0 Å². The summed E-state index contributed by atoms with van der Waals surface area (Å²) >= 11 is 0. The zero-order chi connectivity index (χ0) is 24.2. The summed E-state index contributed by atoms with van der Waals surface area (Å²) in [6, 6.07) is 7.99. The van der Waals surface area contributed by atoms with Crippen LogP contribution in [0.15, 0.2) is 30.5 Å². The van der Waals surface area contributed by atoms with Crippen molar-refractivity contribution < 1.29 is 18.8 Å². The molecular formula is C25H36BN3O4. The molecule has 178 valence electrons. The number of hydrogen-bond acceptors (Lipinski definition) is 5. The fourth-order valence-corrected chi connectivity index (χ4v) is 4.27. The Morgan fingerprint density at radius 1 is 1.15 bits per heavy atom. The summed E-state index contributed by atoms with van der Waals surface area (Å²) in [4.78, 5) is 22.7. The number of rotatable bonds is 3. The smallest absolute Gasteiger partial charge is 0.444 e. The van der Waals surface area contributed by atoms with E-state index in [1.54, 1.807) is 4.90 Å². The Kier molecular flexibility index (Phi) is 5.90. The molecule has 0 aliphatic carbocycles. The third-order valence-electron chi connectivity index (χ3n) is 6.78. The minimum absolute atomic E-state index is 0.118. The molecule has 2 fully saturated rings. The zero-order valence-electron chi connectivity index (χ0n) is 21.1. The lowest BCUT2D eigenvalue weighted by atomic mass is 9.79. The Hall–Kier alpha value is -2.32. The lowest BCUT2D eigenvalue weighted by Crippen LogP contribution is -2.41. The molecule has 0 saturated carbocycles. The van der Waals surface area contributed by atoms with Gasteiger partial charge in [0.15, 0.2) is 0 Å². The SMILES string of the molecule is C[C@H]1C[C@H](c2nc(-c3ccc(B4OC(C)(C)C(C)(C)O4)cc3)c[nH]2)N(C(=O)OC(C)(C)C)C1. The maximum absolute atomic E-state index is 12.8. The number of H-pyrrole nitrogens is 1. The van der Waals surface area contributed by atoms with E-state index in [9.17, 15) is 4.79 Å². The van der Waals surface area contributed by atoms with E-state index in [4.69, 9.17) is 19.0 Å². The predicted octanol–water partition coefficient (Wildman–Crippen LogP) is 4.69. The van der Waals surface area contributed by atoms with Crippen LogP contribution in [0.1, 0.15) is 73.7 Å². The Balaban J connectivity index is 1.50. The van der Waals surface area contributed by atoms with Gasteiger partial charge in [-0.25, -0.2) is 9.78 Å². The van der Waals surface area contributed by atoms with Gasteiger partial charge in [-0.1, -0.05) is 31.2 Å². The van der Waals surface area contributed by atoms with E-state index in [2.05, 4.69) is 39.6 Å². The molecule has 3 heterocycles. The van der Waals surface area contributed by atoms with Crippen molar-refractivity contribution in [3.05, 3.63) is 36.3 Å². The lowest BCUT2D eigenvalue weighted by molar-refractivity contribution is 0.00578. The molecule has 2 aromatic rings. The fourth-order valence-electron chi connectivity index (χ4n) is 4.27. The average molecular weight is 453 g/mol. The first kappa shape index (κ1) is 23.8. The van der Waals surface area contributed by atoms with Crippen LogP contribution in [0, 0.1) is 5.92 Å². The van der Waals surface area contributed by atoms with E-state index >= 15 is 0 Å². The second-order valence-corrected chi connectivity index (χ2v) is 11.4. The summed E-state index contributed by atoms with van der Waals surface area (Å²) in [7, 11) is -0.388. The van der Waals surface area contributed by atoms with Gasteiger partial charge in [0.1, 0.15) is 11.4 Å². The summed E-state index contributed by atoms with van der Waals surface area (Å²) in [5.41, 5.74) is 1.55. The lowest BCUT2D eigenvalue weighted by Gasteiger charge is -2.32. The second-order valence-electron chi connectivity index (χ2n) is 11.4. The van der Waals surface area contributed by atoms with E-state index in [1.807, 2.05) is 51.2 Å². The standard InChI is InChI=1S/C25H36BN3O4/c1-16-13-20(29(15-16)22(30)31-23(2,3)4)21-27-14-19(28-21)17-9-11-18(12-10-17)26-32-24(5,6)25(7,8)33-26/h9-12,14,16,20H,13,15H2,1-8H3,(H,27,28)/t16-,20+/m0/s1. The van der Waals surface area contributed by atoms with Gasteiger partial charge in [0.2, 0.25) is 0 Å². The molecular weight excluding hydrogens is 417 g/mol. The first-order chi connectivity index (χ1) is 15.3. The van der Waals surface area contributed by atoms with Gasteiger partial charge in [0.25, 0.3) is 0 Å². The first-order valence-corrected chi connectivity index (χ1v) is 11.8. The number of nitrogens with zero attached hydrogens (tertiary/aromatic N) is 2. The molecule has 7 nitrogen and oxygen atoms in total. The van der Waals surface area contributed by atoms with Crippen molar-refractivity contribution in [3.8, 4) is 11.3 Å². The number of ether oxygens (including phenoxy) is 1. The normalized spacial score (nSPS) is 24.4. The molecule has 2 aliphatic heterocycles. The van der Waals surface area contributed by atoms with Crippen molar-refractivity contribution in [2.75, 3.05) is 6.54 Å². The van der Waals surface area contributed by atoms with Gasteiger partial charge in [0, 0.05) is 18.3 Å². The van der Waals surface area contributed by atoms with Gasteiger partial charge < -0.3 is 19.0 Å². The Morgan fingerprint density at radius 3 is 2.33 bits per heavy atom. The molecule has 1 amide bonds. The molecule has 1 aromatic carbocycles. The predicted molar refractivity (Wildman–Crippen MR) is 129 cm³/mol. The van der Waals surface area contributed by atoms with Gasteiger partial charge in [0.05, 0.1) is 22.9 Å². The van der Waals surface area contributed by atoms with E-state index in [0.29, 0.717) is 12.5 Å². The third-order valence-corrected chi connectivity index (χ3v) is 6.78. The molecule has 1 N–H and O–H groups in total. The van der Waals surface area contributed by atoms with E-state index < -0.39 is 5.60 Å². The summed E-state index contributed by atoms with van der Waals surface area (Å²) in [5.74, 6) is 1.17. The topological polar surface area (TPSA) is 76.7 Å². The van der Waals surface area contributed by atoms with Crippen molar-refractivity contribution in [1.29, 1.82) is 0 Å². The molecule has 33 heavy (non-hydrogen) atoms. The van der Waals surface area contributed by atoms with Crippen molar-refractivity contribution in [2.24, 2.45) is 5.92 Å². The number of aromatic amines is 1. The van der Waals surface area contributed by atoms with Gasteiger partial charge >= 0.3 is 13.2 Å². The highest BCUT2D eigenvalue weighted by atomic mass is 16.7. The van der Waals surface area contributed by atoms with Crippen molar-refractivity contribution >= 4 is 18.7 Å². The van der Waals surface area contributed by atoms with Crippen LogP contribution in [0.5, 0.6) is 0 Å². The van der Waals surface area contributed by atoms with Crippen molar-refractivity contribution in [2.45, 2.75) is 84.7 Å². The highest BCUT2D eigenvalue weighted by molar-refractivity contribution is 6.62. The summed E-state index contributed by atoms with van der Waals surface area (Å²) in [6.45, 7) is 16.7. The molecule has 2 atom stereocenters. The van der Waals surface area contributed by atoms with Crippen LogP contribution in [0.25, 0.3) is 11.3 Å². The van der Waals surface area contributed by atoms with E-state index in [0.717, 1.165) is 29.0 Å². The molecule has 0 spiro atoms.